The fraction of sp³-hybridized carbons (Fsp3) is 0.500. The maximum Gasteiger partial charge on any atom is 0.253 e. The van der Waals surface area contributed by atoms with Crippen LogP contribution in [-0.2, 0) is 4.79 Å². The molecule has 0 saturated carbocycles. The van der Waals surface area contributed by atoms with E-state index in [1.165, 1.54) is 0 Å². The molecule has 5 nitrogen and oxygen atoms in total. The molecule has 6 heteroatoms. The van der Waals surface area contributed by atoms with E-state index in [4.69, 9.17) is 0 Å². The summed E-state index contributed by atoms with van der Waals surface area (Å²) in [5.74, 6) is 0.780. The SMILES string of the molecule is Cc1cc(C)cc(C(=O)N2CCCC(C(=O)NC3=NCCS3)C2)c1. The lowest BCUT2D eigenvalue weighted by atomic mass is 9.96. The molecule has 24 heavy (non-hydrogen) atoms. The Morgan fingerprint density at radius 3 is 2.67 bits per heavy atom. The van der Waals surface area contributed by atoms with Crippen molar-refractivity contribution in [3.8, 4) is 0 Å². The first kappa shape index (κ1) is 17.0. The molecule has 2 amide bonds. The van der Waals surface area contributed by atoms with E-state index >= 15 is 0 Å². The molecular formula is C18H23N3O2S. The van der Waals surface area contributed by atoms with Gasteiger partial charge < -0.3 is 10.2 Å². The summed E-state index contributed by atoms with van der Waals surface area (Å²) in [5, 5.41) is 3.62. The van der Waals surface area contributed by atoms with Gasteiger partial charge in [-0.1, -0.05) is 29.0 Å². The number of piperidine rings is 1. The lowest BCUT2D eigenvalue weighted by molar-refractivity contribution is -0.124. The van der Waals surface area contributed by atoms with E-state index < -0.39 is 0 Å². The molecule has 1 aromatic carbocycles. The zero-order valence-electron chi connectivity index (χ0n) is 14.2. The van der Waals surface area contributed by atoms with Crippen molar-refractivity contribution < 1.29 is 9.59 Å². The third-order valence-electron chi connectivity index (χ3n) is 4.36. The first-order valence-electron chi connectivity index (χ1n) is 8.38. The average molecular weight is 345 g/mol. The van der Waals surface area contributed by atoms with Gasteiger partial charge in [-0.25, -0.2) is 0 Å². The number of aryl methyl sites for hydroxylation is 2. The molecule has 0 spiro atoms. The van der Waals surface area contributed by atoms with E-state index in [1.807, 2.05) is 30.9 Å². The molecule has 0 aliphatic carbocycles. The standard InChI is InChI=1S/C18H23N3O2S/c1-12-8-13(2)10-15(9-12)17(23)21-6-3-4-14(11-21)16(22)20-18-19-5-7-24-18/h8-10,14H,3-7,11H2,1-2H3,(H,19,20,22). The summed E-state index contributed by atoms with van der Waals surface area (Å²) >= 11 is 1.58. The number of thioether (sulfide) groups is 1. The molecule has 1 N–H and O–H groups in total. The van der Waals surface area contributed by atoms with Gasteiger partial charge in [0.1, 0.15) is 0 Å². The second-order valence-corrected chi connectivity index (χ2v) is 7.57. The van der Waals surface area contributed by atoms with Crippen molar-refractivity contribution >= 4 is 28.7 Å². The minimum atomic E-state index is -0.155. The van der Waals surface area contributed by atoms with Crippen molar-refractivity contribution in [3.63, 3.8) is 0 Å². The number of carbonyl (C=O) groups is 2. The molecular weight excluding hydrogens is 322 g/mol. The second-order valence-electron chi connectivity index (χ2n) is 6.49. The van der Waals surface area contributed by atoms with Crippen LogP contribution < -0.4 is 5.32 Å². The van der Waals surface area contributed by atoms with E-state index in [-0.39, 0.29) is 17.7 Å². The number of amidine groups is 1. The van der Waals surface area contributed by atoms with Crippen molar-refractivity contribution in [2.24, 2.45) is 10.9 Å². The van der Waals surface area contributed by atoms with Crippen molar-refractivity contribution in [1.82, 2.24) is 10.2 Å². The van der Waals surface area contributed by atoms with Crippen LogP contribution in [0.1, 0.15) is 34.3 Å². The van der Waals surface area contributed by atoms with Gasteiger partial charge in [-0.2, -0.15) is 0 Å². The van der Waals surface area contributed by atoms with Crippen LogP contribution in [0, 0.1) is 19.8 Å². The summed E-state index contributed by atoms with van der Waals surface area (Å²) in [6.45, 7) is 5.95. The number of nitrogens with zero attached hydrogens (tertiary/aromatic N) is 2. The third kappa shape index (κ3) is 3.98. The number of hydrogen-bond donors (Lipinski definition) is 1. The van der Waals surface area contributed by atoms with Gasteiger partial charge in [-0.05, 0) is 38.8 Å². The predicted octanol–water partition coefficient (Wildman–Crippen LogP) is 2.37. The summed E-state index contributed by atoms with van der Waals surface area (Å²) in [7, 11) is 0. The zero-order chi connectivity index (χ0) is 17.1. The Balaban J connectivity index is 1.66. The van der Waals surface area contributed by atoms with E-state index in [2.05, 4.69) is 16.4 Å². The number of rotatable bonds is 2. The smallest absolute Gasteiger partial charge is 0.253 e. The molecule has 0 bridgehead atoms. The highest BCUT2D eigenvalue weighted by Gasteiger charge is 2.29. The zero-order valence-corrected chi connectivity index (χ0v) is 15.0. The quantitative estimate of drug-likeness (QED) is 0.895. The molecule has 0 aromatic heterocycles. The van der Waals surface area contributed by atoms with E-state index in [0.717, 1.165) is 41.4 Å². The molecule has 2 aliphatic heterocycles. The van der Waals surface area contributed by atoms with Crippen molar-refractivity contribution in [2.45, 2.75) is 26.7 Å². The van der Waals surface area contributed by atoms with Crippen LogP contribution in [0.4, 0.5) is 0 Å². The lowest BCUT2D eigenvalue weighted by Crippen LogP contribution is -2.46. The van der Waals surface area contributed by atoms with Gasteiger partial charge in [-0.15, -0.1) is 0 Å². The van der Waals surface area contributed by atoms with Gasteiger partial charge in [0.2, 0.25) is 5.91 Å². The predicted molar refractivity (Wildman–Crippen MR) is 97.4 cm³/mol. The fourth-order valence-electron chi connectivity index (χ4n) is 3.27. The van der Waals surface area contributed by atoms with Gasteiger partial charge in [0.25, 0.3) is 5.91 Å². The molecule has 2 aliphatic rings. The molecule has 3 rings (SSSR count). The molecule has 1 unspecified atom stereocenters. The van der Waals surface area contributed by atoms with E-state index in [1.54, 1.807) is 11.8 Å². The summed E-state index contributed by atoms with van der Waals surface area (Å²) in [6.07, 6.45) is 1.68. The topological polar surface area (TPSA) is 61.8 Å². The van der Waals surface area contributed by atoms with Crippen LogP contribution in [0.2, 0.25) is 0 Å². The third-order valence-corrected chi connectivity index (χ3v) is 5.25. The number of likely N-dealkylation sites (tertiary alicyclic amines) is 1. The van der Waals surface area contributed by atoms with Crippen molar-refractivity contribution in [3.05, 3.63) is 34.9 Å². The molecule has 128 valence electrons. The van der Waals surface area contributed by atoms with Crippen molar-refractivity contribution in [2.75, 3.05) is 25.4 Å². The Kier molecular flexibility index (Phi) is 5.23. The lowest BCUT2D eigenvalue weighted by Gasteiger charge is -2.32. The summed E-state index contributed by atoms with van der Waals surface area (Å²) in [4.78, 5) is 31.3. The highest BCUT2D eigenvalue weighted by Crippen LogP contribution is 2.21. The largest absolute Gasteiger partial charge is 0.338 e. The maximum absolute atomic E-state index is 12.8. The van der Waals surface area contributed by atoms with E-state index in [9.17, 15) is 9.59 Å². The number of amides is 2. The Bertz CT molecular complexity index is 667. The highest BCUT2D eigenvalue weighted by atomic mass is 32.2. The number of aliphatic imine (C=N–C) groups is 1. The molecule has 2 heterocycles. The number of nitrogens with one attached hydrogen (secondary N) is 1. The number of carbonyl (C=O) groups excluding carboxylic acids is 2. The second kappa shape index (κ2) is 7.38. The van der Waals surface area contributed by atoms with Gasteiger partial charge >= 0.3 is 0 Å². The highest BCUT2D eigenvalue weighted by molar-refractivity contribution is 8.14. The Morgan fingerprint density at radius 2 is 2.00 bits per heavy atom. The molecule has 0 radical (unpaired) electrons. The maximum atomic E-state index is 12.8. The van der Waals surface area contributed by atoms with Gasteiger partial charge in [0.05, 0.1) is 12.5 Å². The summed E-state index contributed by atoms with van der Waals surface area (Å²) in [5.41, 5.74) is 2.88. The fourth-order valence-corrected chi connectivity index (χ4v) is 4.01. The van der Waals surface area contributed by atoms with Crippen LogP contribution in [0.15, 0.2) is 23.2 Å². The molecule has 1 atom stereocenters. The van der Waals surface area contributed by atoms with Crippen molar-refractivity contribution in [1.29, 1.82) is 0 Å². The van der Waals surface area contributed by atoms with Gasteiger partial charge in [-0.3, -0.25) is 14.6 Å². The normalized spacial score (nSPS) is 20.7. The molecule has 1 fully saturated rings. The first-order chi connectivity index (χ1) is 11.5. The minimum absolute atomic E-state index is 0.0129. The number of hydrogen-bond acceptors (Lipinski definition) is 4. The minimum Gasteiger partial charge on any atom is -0.338 e. The van der Waals surface area contributed by atoms with E-state index in [0.29, 0.717) is 18.7 Å². The van der Waals surface area contributed by atoms with Crippen LogP contribution in [0.25, 0.3) is 0 Å². The van der Waals surface area contributed by atoms with Crippen LogP contribution in [0.5, 0.6) is 0 Å². The van der Waals surface area contributed by atoms with Crippen LogP contribution in [0.3, 0.4) is 0 Å². The first-order valence-corrected chi connectivity index (χ1v) is 9.37. The number of benzene rings is 1. The molecule has 1 aromatic rings. The summed E-state index contributed by atoms with van der Waals surface area (Å²) in [6, 6.07) is 5.90. The van der Waals surface area contributed by atoms with Crippen LogP contribution in [-0.4, -0.2) is 47.3 Å². The van der Waals surface area contributed by atoms with Gasteiger partial charge in [0, 0.05) is 24.4 Å². The average Bonchev–Trinajstić information content (AvgIpc) is 3.06. The molecule has 1 saturated heterocycles. The Labute approximate surface area is 146 Å². The Morgan fingerprint density at radius 1 is 1.25 bits per heavy atom. The summed E-state index contributed by atoms with van der Waals surface area (Å²) < 4.78 is 0. The monoisotopic (exact) mass is 345 g/mol. The van der Waals surface area contributed by atoms with Crippen LogP contribution >= 0.6 is 11.8 Å². The van der Waals surface area contributed by atoms with Gasteiger partial charge in [0.15, 0.2) is 5.17 Å². The Hall–Kier alpha value is -1.82.